The van der Waals surface area contributed by atoms with Crippen molar-refractivity contribution in [3.63, 3.8) is 0 Å². The summed E-state index contributed by atoms with van der Waals surface area (Å²) in [6.45, 7) is 5.08. The van der Waals surface area contributed by atoms with Crippen molar-refractivity contribution in [2.75, 3.05) is 5.32 Å². The van der Waals surface area contributed by atoms with E-state index < -0.39 is 31.4 Å². The summed E-state index contributed by atoms with van der Waals surface area (Å²) in [6, 6.07) is 3.48. The Hall–Kier alpha value is -1.47. The first-order chi connectivity index (χ1) is 8.49. The normalized spacial score (nSPS) is 12.0. The molecule has 0 bridgehead atoms. The lowest BCUT2D eigenvalue weighted by Crippen LogP contribution is -2.27. The van der Waals surface area contributed by atoms with E-state index in [1.54, 1.807) is 20.8 Å². The van der Waals surface area contributed by atoms with Crippen LogP contribution in [0.5, 0.6) is 5.75 Å². The molecule has 0 radical (unpaired) electrons. The highest BCUT2D eigenvalue weighted by molar-refractivity contribution is 8.13. The average Bonchev–Trinajstić information content (AvgIpc) is 2.16. The molecule has 2 N–H and O–H groups in total. The summed E-state index contributed by atoms with van der Waals surface area (Å²) in [4.78, 5) is 11.0. The molecule has 0 fully saturated rings. The minimum absolute atomic E-state index is 0.145. The molecule has 1 aromatic rings. The number of phenols is 1. The van der Waals surface area contributed by atoms with Gasteiger partial charge in [-0.25, -0.2) is 13.2 Å². The molecule has 1 amide bonds. The van der Waals surface area contributed by atoms with Crippen molar-refractivity contribution < 1.29 is 23.1 Å². The second-order valence-electron chi connectivity index (χ2n) is 4.75. The second kappa shape index (κ2) is 5.26. The van der Waals surface area contributed by atoms with Gasteiger partial charge in [-0.1, -0.05) is 0 Å². The molecular formula is C11H14ClNO5S. The smallest absolute Gasteiger partial charge is 0.412 e. The van der Waals surface area contributed by atoms with Gasteiger partial charge in [0.2, 0.25) is 0 Å². The van der Waals surface area contributed by atoms with Gasteiger partial charge < -0.3 is 9.84 Å². The van der Waals surface area contributed by atoms with E-state index in [0.717, 1.165) is 12.1 Å². The maximum absolute atomic E-state index is 11.5. The predicted octanol–water partition coefficient (Wildman–Crippen LogP) is 2.67. The number of ether oxygens (including phenoxy) is 1. The quantitative estimate of drug-likeness (QED) is 0.647. The zero-order chi connectivity index (χ0) is 14.8. The number of benzene rings is 1. The number of hydrogen-bond donors (Lipinski definition) is 2. The molecule has 0 unspecified atom stereocenters. The number of phenolic OH excluding ortho intramolecular Hbond substituents is 1. The van der Waals surface area contributed by atoms with E-state index >= 15 is 0 Å². The van der Waals surface area contributed by atoms with Crippen LogP contribution in [0.2, 0.25) is 0 Å². The van der Waals surface area contributed by atoms with Crippen LogP contribution in [0, 0.1) is 0 Å². The number of rotatable bonds is 2. The monoisotopic (exact) mass is 307 g/mol. The zero-order valence-corrected chi connectivity index (χ0v) is 12.2. The maximum atomic E-state index is 11.5. The number of amides is 1. The summed E-state index contributed by atoms with van der Waals surface area (Å²) in [5.74, 6) is -0.496. The Morgan fingerprint density at radius 1 is 1.37 bits per heavy atom. The Balaban J connectivity index is 2.96. The molecule has 1 rings (SSSR count). The fourth-order valence-corrected chi connectivity index (χ4v) is 2.16. The van der Waals surface area contributed by atoms with Crippen LogP contribution in [0.3, 0.4) is 0 Å². The van der Waals surface area contributed by atoms with Gasteiger partial charge in [0.1, 0.15) is 16.2 Å². The van der Waals surface area contributed by atoms with Gasteiger partial charge in [-0.05, 0) is 39.0 Å². The van der Waals surface area contributed by atoms with Gasteiger partial charge in [0, 0.05) is 16.4 Å². The number of carbonyl (C=O) groups is 1. The number of aromatic hydroxyl groups is 1. The summed E-state index contributed by atoms with van der Waals surface area (Å²) in [7, 11) is 1.05. The number of anilines is 1. The molecule has 0 atom stereocenters. The molecule has 0 aromatic heterocycles. The standard InChI is InChI=1S/C11H14ClNO5S/c1-11(2,3)18-10(15)13-7-4-5-8(14)9(6-7)19(12,16)17/h4-6,14H,1-3H3,(H,13,15). The first-order valence-electron chi connectivity index (χ1n) is 5.27. The number of halogens is 1. The lowest BCUT2D eigenvalue weighted by Gasteiger charge is -2.19. The molecule has 0 aliphatic rings. The summed E-state index contributed by atoms with van der Waals surface area (Å²) < 4.78 is 27.4. The lowest BCUT2D eigenvalue weighted by molar-refractivity contribution is 0.0636. The minimum atomic E-state index is -4.10. The summed E-state index contributed by atoms with van der Waals surface area (Å²) in [5, 5.41) is 11.7. The first kappa shape index (κ1) is 15.6. The highest BCUT2D eigenvalue weighted by Crippen LogP contribution is 2.28. The van der Waals surface area contributed by atoms with E-state index in [1.807, 2.05) is 0 Å². The molecule has 0 spiro atoms. The molecule has 19 heavy (non-hydrogen) atoms. The van der Waals surface area contributed by atoms with Crippen LogP contribution in [-0.2, 0) is 13.8 Å². The highest BCUT2D eigenvalue weighted by atomic mass is 35.7. The van der Waals surface area contributed by atoms with Crippen LogP contribution >= 0.6 is 10.7 Å². The van der Waals surface area contributed by atoms with Gasteiger partial charge in [-0.15, -0.1) is 0 Å². The maximum Gasteiger partial charge on any atom is 0.412 e. The molecule has 0 saturated carbocycles. The van der Waals surface area contributed by atoms with Crippen molar-refractivity contribution in [2.45, 2.75) is 31.3 Å². The van der Waals surface area contributed by atoms with E-state index in [-0.39, 0.29) is 5.69 Å². The molecule has 8 heteroatoms. The van der Waals surface area contributed by atoms with Crippen LogP contribution in [0.4, 0.5) is 10.5 Å². The average molecular weight is 308 g/mol. The first-order valence-corrected chi connectivity index (χ1v) is 7.58. The molecule has 6 nitrogen and oxygen atoms in total. The van der Waals surface area contributed by atoms with Crippen molar-refractivity contribution in [1.29, 1.82) is 0 Å². The number of hydrogen-bond acceptors (Lipinski definition) is 5. The van der Waals surface area contributed by atoms with Crippen molar-refractivity contribution >= 4 is 31.5 Å². The minimum Gasteiger partial charge on any atom is -0.507 e. The van der Waals surface area contributed by atoms with E-state index in [9.17, 15) is 18.3 Å². The Bertz CT molecular complexity index is 592. The molecule has 0 heterocycles. The molecule has 0 aliphatic carbocycles. The van der Waals surface area contributed by atoms with Crippen LogP contribution in [0.15, 0.2) is 23.1 Å². The third-order valence-corrected chi connectivity index (χ3v) is 3.22. The van der Waals surface area contributed by atoms with E-state index in [1.165, 1.54) is 6.07 Å². The summed E-state index contributed by atoms with van der Waals surface area (Å²) in [5.41, 5.74) is -0.533. The van der Waals surface area contributed by atoms with Crippen LogP contribution in [0.25, 0.3) is 0 Å². The SMILES string of the molecule is CC(C)(C)OC(=O)Nc1ccc(O)c(S(=O)(=O)Cl)c1. The van der Waals surface area contributed by atoms with E-state index in [0.29, 0.717) is 0 Å². The van der Waals surface area contributed by atoms with Crippen LogP contribution in [-0.4, -0.2) is 25.2 Å². The summed E-state index contributed by atoms with van der Waals surface area (Å²) in [6.07, 6.45) is -0.740. The predicted molar refractivity (Wildman–Crippen MR) is 71.0 cm³/mol. The topological polar surface area (TPSA) is 92.7 Å². The Kier molecular flexibility index (Phi) is 4.32. The molecule has 106 valence electrons. The van der Waals surface area contributed by atoms with Crippen molar-refractivity contribution in [3.05, 3.63) is 18.2 Å². The van der Waals surface area contributed by atoms with Crippen molar-refractivity contribution in [2.24, 2.45) is 0 Å². The zero-order valence-electron chi connectivity index (χ0n) is 10.6. The van der Waals surface area contributed by atoms with E-state index in [4.69, 9.17) is 15.4 Å². The van der Waals surface area contributed by atoms with Gasteiger partial charge in [-0.3, -0.25) is 5.32 Å². The van der Waals surface area contributed by atoms with Gasteiger partial charge in [0.25, 0.3) is 9.05 Å². The van der Waals surface area contributed by atoms with Gasteiger partial charge in [0.15, 0.2) is 0 Å². The second-order valence-corrected chi connectivity index (χ2v) is 7.28. The van der Waals surface area contributed by atoms with Gasteiger partial charge in [0.05, 0.1) is 0 Å². The van der Waals surface area contributed by atoms with Gasteiger partial charge in [-0.2, -0.15) is 0 Å². The molecular weight excluding hydrogens is 294 g/mol. The van der Waals surface area contributed by atoms with Crippen molar-refractivity contribution in [3.8, 4) is 5.75 Å². The molecule has 0 saturated heterocycles. The largest absolute Gasteiger partial charge is 0.507 e. The Morgan fingerprint density at radius 2 is 1.95 bits per heavy atom. The molecule has 0 aliphatic heterocycles. The van der Waals surface area contributed by atoms with E-state index in [2.05, 4.69) is 5.32 Å². The lowest BCUT2D eigenvalue weighted by atomic mass is 10.2. The Labute approximate surface area is 115 Å². The highest BCUT2D eigenvalue weighted by Gasteiger charge is 2.19. The van der Waals surface area contributed by atoms with Crippen LogP contribution in [0.1, 0.15) is 20.8 Å². The number of carbonyl (C=O) groups excluding carboxylic acids is 1. The molecule has 1 aromatic carbocycles. The fourth-order valence-electron chi connectivity index (χ4n) is 1.21. The number of nitrogens with one attached hydrogen (secondary N) is 1. The van der Waals surface area contributed by atoms with Crippen molar-refractivity contribution in [1.82, 2.24) is 0 Å². The van der Waals surface area contributed by atoms with Crippen LogP contribution < -0.4 is 5.32 Å². The Morgan fingerprint density at radius 3 is 2.42 bits per heavy atom. The third kappa shape index (κ3) is 4.96. The summed E-state index contributed by atoms with van der Waals surface area (Å²) >= 11 is 0. The van der Waals surface area contributed by atoms with Gasteiger partial charge >= 0.3 is 6.09 Å². The fraction of sp³-hybridized carbons (Fsp3) is 0.364. The third-order valence-electron chi connectivity index (χ3n) is 1.87.